The lowest BCUT2D eigenvalue weighted by molar-refractivity contribution is -0.176. The lowest BCUT2D eigenvalue weighted by Gasteiger charge is -2.30. The van der Waals surface area contributed by atoms with Gasteiger partial charge in [0, 0.05) is 37.7 Å². The van der Waals surface area contributed by atoms with E-state index in [2.05, 4.69) is 0 Å². The van der Waals surface area contributed by atoms with Crippen LogP contribution in [0.2, 0.25) is 0 Å². The summed E-state index contributed by atoms with van der Waals surface area (Å²) < 4.78 is 37.1. The van der Waals surface area contributed by atoms with Gasteiger partial charge in [0.05, 0.1) is 5.92 Å². The number of halogens is 3. The molecule has 2 N–H and O–H groups in total. The molecular formula is C8H15F3N2S. The summed E-state index contributed by atoms with van der Waals surface area (Å²) >= 11 is 1.79. The summed E-state index contributed by atoms with van der Waals surface area (Å²) in [4.78, 5) is 1.85. The molecule has 84 valence electrons. The van der Waals surface area contributed by atoms with Gasteiger partial charge in [-0.05, 0) is 0 Å². The van der Waals surface area contributed by atoms with E-state index in [-0.39, 0.29) is 13.1 Å². The fourth-order valence-electron chi connectivity index (χ4n) is 1.41. The summed E-state index contributed by atoms with van der Waals surface area (Å²) in [6.45, 7) is 1.24. The minimum atomic E-state index is -4.15. The third-order valence-electron chi connectivity index (χ3n) is 2.33. The van der Waals surface area contributed by atoms with Gasteiger partial charge in [-0.1, -0.05) is 0 Å². The SMILES string of the molecule is NCC(CN1CCSCC1)C(F)(F)F. The summed E-state index contributed by atoms with van der Waals surface area (Å²) in [5.74, 6) is 0.482. The molecular weight excluding hydrogens is 213 g/mol. The number of thioether (sulfide) groups is 1. The molecule has 0 saturated carbocycles. The predicted octanol–water partition coefficient (Wildman–Crippen LogP) is 1.17. The fraction of sp³-hybridized carbons (Fsp3) is 1.00. The first-order valence-corrected chi connectivity index (χ1v) is 5.76. The number of alkyl halides is 3. The zero-order valence-electron chi connectivity index (χ0n) is 7.89. The highest BCUT2D eigenvalue weighted by Crippen LogP contribution is 2.26. The Kier molecular flexibility index (Phi) is 4.53. The second-order valence-corrected chi connectivity index (χ2v) is 4.61. The van der Waals surface area contributed by atoms with Crippen LogP contribution in [-0.4, -0.2) is 48.8 Å². The Bertz CT molecular complexity index is 168. The quantitative estimate of drug-likeness (QED) is 0.786. The highest BCUT2D eigenvalue weighted by molar-refractivity contribution is 7.99. The molecule has 1 heterocycles. The van der Waals surface area contributed by atoms with Crippen molar-refractivity contribution in [3.8, 4) is 0 Å². The zero-order valence-corrected chi connectivity index (χ0v) is 8.70. The third-order valence-corrected chi connectivity index (χ3v) is 3.27. The molecule has 0 aromatic rings. The lowest BCUT2D eigenvalue weighted by Crippen LogP contribution is -2.43. The van der Waals surface area contributed by atoms with Crippen molar-refractivity contribution in [1.82, 2.24) is 4.90 Å². The van der Waals surface area contributed by atoms with Gasteiger partial charge in [-0.15, -0.1) is 0 Å². The van der Waals surface area contributed by atoms with Gasteiger partial charge in [-0.2, -0.15) is 24.9 Å². The second kappa shape index (κ2) is 5.23. The Labute approximate surface area is 86.0 Å². The molecule has 1 aliphatic heterocycles. The average Bonchev–Trinajstić information content (AvgIpc) is 2.14. The van der Waals surface area contributed by atoms with Gasteiger partial charge in [-0.25, -0.2) is 0 Å². The molecule has 1 unspecified atom stereocenters. The highest BCUT2D eigenvalue weighted by Gasteiger charge is 2.39. The van der Waals surface area contributed by atoms with Crippen LogP contribution in [0.3, 0.4) is 0 Å². The van der Waals surface area contributed by atoms with Crippen LogP contribution in [0.1, 0.15) is 0 Å². The fourth-order valence-corrected chi connectivity index (χ4v) is 2.39. The number of hydrogen-bond acceptors (Lipinski definition) is 3. The summed E-state index contributed by atoms with van der Waals surface area (Å²) in [7, 11) is 0. The largest absolute Gasteiger partial charge is 0.394 e. The Morgan fingerprint density at radius 2 is 1.86 bits per heavy atom. The molecule has 1 rings (SSSR count). The van der Waals surface area contributed by atoms with E-state index < -0.39 is 12.1 Å². The molecule has 2 nitrogen and oxygen atoms in total. The van der Waals surface area contributed by atoms with Crippen molar-refractivity contribution in [2.75, 3.05) is 37.7 Å². The Morgan fingerprint density at radius 1 is 1.29 bits per heavy atom. The Hall–Kier alpha value is 0.0600. The maximum Gasteiger partial charge on any atom is 0.394 e. The summed E-state index contributed by atoms with van der Waals surface area (Å²) in [5.41, 5.74) is 5.12. The van der Waals surface area contributed by atoms with E-state index in [1.165, 1.54) is 0 Å². The molecule has 1 saturated heterocycles. The van der Waals surface area contributed by atoms with Crippen molar-refractivity contribution in [2.24, 2.45) is 11.7 Å². The summed E-state index contributed by atoms with van der Waals surface area (Å²) in [5, 5.41) is 0. The monoisotopic (exact) mass is 228 g/mol. The maximum absolute atomic E-state index is 12.4. The van der Waals surface area contributed by atoms with Crippen LogP contribution < -0.4 is 5.73 Å². The smallest absolute Gasteiger partial charge is 0.330 e. The van der Waals surface area contributed by atoms with Gasteiger partial charge in [0.2, 0.25) is 0 Å². The first kappa shape index (κ1) is 12.1. The van der Waals surface area contributed by atoms with Crippen LogP contribution in [0.25, 0.3) is 0 Å². The first-order valence-electron chi connectivity index (χ1n) is 4.61. The van der Waals surface area contributed by atoms with Gasteiger partial charge in [0.25, 0.3) is 0 Å². The van der Waals surface area contributed by atoms with Gasteiger partial charge in [0.1, 0.15) is 0 Å². The van der Waals surface area contributed by atoms with E-state index in [9.17, 15) is 13.2 Å². The molecule has 1 fully saturated rings. The first-order chi connectivity index (χ1) is 6.54. The number of nitrogens with two attached hydrogens (primary N) is 1. The lowest BCUT2D eigenvalue weighted by atomic mass is 10.1. The normalized spacial score (nSPS) is 22.3. The number of rotatable bonds is 3. The standard InChI is InChI=1S/C8H15F3N2S/c9-8(10,11)7(5-12)6-13-1-3-14-4-2-13/h7H,1-6,12H2. The molecule has 14 heavy (non-hydrogen) atoms. The maximum atomic E-state index is 12.4. The molecule has 1 aliphatic rings. The molecule has 0 bridgehead atoms. The van der Waals surface area contributed by atoms with Crippen LogP contribution >= 0.6 is 11.8 Å². The highest BCUT2D eigenvalue weighted by atomic mass is 32.2. The summed E-state index contributed by atoms with van der Waals surface area (Å²) in [6.07, 6.45) is -4.15. The minimum Gasteiger partial charge on any atom is -0.330 e. The van der Waals surface area contributed by atoms with Crippen LogP contribution in [0.4, 0.5) is 13.2 Å². The van der Waals surface area contributed by atoms with Crippen molar-refractivity contribution in [1.29, 1.82) is 0 Å². The molecule has 0 spiro atoms. The van der Waals surface area contributed by atoms with Gasteiger partial charge in [-0.3, -0.25) is 0 Å². The van der Waals surface area contributed by atoms with Crippen molar-refractivity contribution in [3.63, 3.8) is 0 Å². The molecule has 0 aromatic heterocycles. The van der Waals surface area contributed by atoms with E-state index in [1.807, 2.05) is 4.90 Å². The van der Waals surface area contributed by atoms with Gasteiger partial charge >= 0.3 is 6.18 Å². The van der Waals surface area contributed by atoms with Crippen LogP contribution in [-0.2, 0) is 0 Å². The summed E-state index contributed by atoms with van der Waals surface area (Å²) in [6, 6.07) is 0. The van der Waals surface area contributed by atoms with Gasteiger partial charge < -0.3 is 10.6 Å². The van der Waals surface area contributed by atoms with E-state index in [1.54, 1.807) is 11.8 Å². The molecule has 0 amide bonds. The van der Waals surface area contributed by atoms with Crippen molar-refractivity contribution >= 4 is 11.8 Å². The van der Waals surface area contributed by atoms with E-state index >= 15 is 0 Å². The predicted molar refractivity (Wildman–Crippen MR) is 52.4 cm³/mol. The zero-order chi connectivity index (χ0) is 10.6. The topological polar surface area (TPSA) is 29.3 Å². The van der Waals surface area contributed by atoms with E-state index in [0.29, 0.717) is 0 Å². The van der Waals surface area contributed by atoms with Crippen LogP contribution in [0, 0.1) is 5.92 Å². The number of hydrogen-bond donors (Lipinski definition) is 1. The van der Waals surface area contributed by atoms with Crippen molar-refractivity contribution in [2.45, 2.75) is 6.18 Å². The van der Waals surface area contributed by atoms with E-state index in [4.69, 9.17) is 5.73 Å². The molecule has 6 heteroatoms. The molecule has 0 aromatic carbocycles. The average molecular weight is 228 g/mol. The Morgan fingerprint density at radius 3 is 2.29 bits per heavy atom. The molecule has 1 atom stereocenters. The van der Waals surface area contributed by atoms with Crippen LogP contribution in [0.15, 0.2) is 0 Å². The Balaban J connectivity index is 2.39. The molecule has 0 aliphatic carbocycles. The van der Waals surface area contributed by atoms with Crippen molar-refractivity contribution in [3.05, 3.63) is 0 Å². The van der Waals surface area contributed by atoms with Crippen molar-refractivity contribution < 1.29 is 13.2 Å². The van der Waals surface area contributed by atoms with Gasteiger partial charge in [0.15, 0.2) is 0 Å². The van der Waals surface area contributed by atoms with E-state index in [0.717, 1.165) is 24.6 Å². The minimum absolute atomic E-state index is 0.0561. The van der Waals surface area contributed by atoms with Crippen LogP contribution in [0.5, 0.6) is 0 Å². The number of nitrogens with zero attached hydrogens (tertiary/aromatic N) is 1. The molecule has 0 radical (unpaired) electrons. The second-order valence-electron chi connectivity index (χ2n) is 3.39. The third kappa shape index (κ3) is 3.67.